The van der Waals surface area contributed by atoms with E-state index in [2.05, 4.69) is 29.5 Å². The molecule has 1 aliphatic heterocycles. The van der Waals surface area contributed by atoms with Gasteiger partial charge in [-0.1, -0.05) is 0 Å². The smallest absolute Gasteiger partial charge is 0.187 e. The molecule has 0 aromatic carbocycles. The van der Waals surface area contributed by atoms with Crippen molar-refractivity contribution in [3.63, 3.8) is 0 Å². The van der Waals surface area contributed by atoms with E-state index in [1.54, 1.807) is 0 Å². The van der Waals surface area contributed by atoms with Gasteiger partial charge in [-0.05, 0) is 17.8 Å². The summed E-state index contributed by atoms with van der Waals surface area (Å²) in [6, 6.07) is 0. The molecule has 0 N–H and O–H groups in total. The Bertz CT molecular complexity index is 52.1. The fourth-order valence-electron chi connectivity index (χ4n) is 0.473. The third-order valence-electron chi connectivity index (χ3n) is 0.784. The molecule has 1 aliphatic rings. The monoisotopic (exact) mass is 150 g/mol. The van der Waals surface area contributed by atoms with Gasteiger partial charge in [-0.3, -0.25) is 0 Å². The van der Waals surface area contributed by atoms with E-state index in [1.807, 2.05) is 11.6 Å². The molecule has 0 aliphatic carbocycles. The van der Waals surface area contributed by atoms with Crippen molar-refractivity contribution in [2.75, 3.05) is 17.8 Å². The van der Waals surface area contributed by atoms with Gasteiger partial charge >= 0.3 is 4.55 Å². The number of hydrogen-bond acceptors (Lipinski definition) is 3. The average molecular weight is 150 g/mol. The highest BCUT2D eigenvalue weighted by atomic mass is 32.3. The molecule has 0 radical (unpaired) electrons. The molecule has 0 atom stereocenters. The van der Waals surface area contributed by atoms with Crippen molar-refractivity contribution in [3.05, 3.63) is 0 Å². The summed E-state index contributed by atoms with van der Waals surface area (Å²) in [6.45, 7) is 0. The van der Waals surface area contributed by atoms with Gasteiger partial charge < -0.3 is 0 Å². The highest BCUT2D eigenvalue weighted by Gasteiger charge is 2.18. The van der Waals surface area contributed by atoms with Crippen molar-refractivity contribution in [2.24, 2.45) is 0 Å². The standard InChI is InChI=1S/C3H7BS3/c1-5-4-6-2-3-7-4/h2-3H2,1H3. The van der Waals surface area contributed by atoms with Crippen LogP contribution >= 0.6 is 34.8 Å². The SMILES string of the molecule is CSB1SCCS1. The summed E-state index contributed by atoms with van der Waals surface area (Å²) in [6.07, 6.45) is 2.18. The minimum absolute atomic E-state index is 0.847. The first-order valence-corrected chi connectivity index (χ1v) is 5.58. The Morgan fingerprint density at radius 3 is 2.29 bits per heavy atom. The summed E-state index contributed by atoms with van der Waals surface area (Å²) < 4.78 is 0.847. The van der Waals surface area contributed by atoms with E-state index in [0.29, 0.717) is 0 Å². The molecule has 0 nitrogen and oxygen atoms in total. The molecule has 0 amide bonds. The van der Waals surface area contributed by atoms with E-state index >= 15 is 0 Å². The molecule has 0 aromatic heterocycles. The lowest BCUT2D eigenvalue weighted by Crippen LogP contribution is -1.85. The molecule has 1 fully saturated rings. The van der Waals surface area contributed by atoms with E-state index in [1.165, 1.54) is 11.5 Å². The molecule has 1 saturated heterocycles. The summed E-state index contributed by atoms with van der Waals surface area (Å²) in [5.41, 5.74) is 0. The summed E-state index contributed by atoms with van der Waals surface area (Å²) in [5, 5.41) is 0. The summed E-state index contributed by atoms with van der Waals surface area (Å²) >= 11 is 6.09. The lowest BCUT2D eigenvalue weighted by molar-refractivity contribution is 1.59. The Kier molecular flexibility index (Phi) is 2.85. The lowest BCUT2D eigenvalue weighted by atomic mass is 10.7. The van der Waals surface area contributed by atoms with E-state index in [9.17, 15) is 0 Å². The van der Waals surface area contributed by atoms with Crippen LogP contribution in [0, 0.1) is 0 Å². The Morgan fingerprint density at radius 1 is 1.43 bits per heavy atom. The molecule has 0 saturated carbocycles. The Balaban J connectivity index is 2.14. The molecule has 1 heterocycles. The molecule has 4 heteroatoms. The van der Waals surface area contributed by atoms with E-state index < -0.39 is 0 Å². The van der Waals surface area contributed by atoms with Crippen molar-refractivity contribution in [2.45, 2.75) is 0 Å². The van der Waals surface area contributed by atoms with Crippen LogP contribution in [-0.4, -0.2) is 22.3 Å². The third kappa shape index (κ3) is 1.82. The van der Waals surface area contributed by atoms with Crippen molar-refractivity contribution in [1.29, 1.82) is 0 Å². The summed E-state index contributed by atoms with van der Waals surface area (Å²) in [5.74, 6) is 2.71. The fourth-order valence-corrected chi connectivity index (χ4v) is 4.26. The molecule has 1 rings (SSSR count). The van der Waals surface area contributed by atoms with Gasteiger partial charge in [0.25, 0.3) is 0 Å². The van der Waals surface area contributed by atoms with Crippen molar-refractivity contribution >= 4 is 39.4 Å². The zero-order valence-corrected chi connectivity index (χ0v) is 6.67. The van der Waals surface area contributed by atoms with Crippen LogP contribution in [0.4, 0.5) is 0 Å². The predicted octanol–water partition coefficient (Wildman–Crippen LogP) is 1.81. The topological polar surface area (TPSA) is 0 Å². The van der Waals surface area contributed by atoms with Crippen molar-refractivity contribution in [1.82, 2.24) is 0 Å². The highest BCUT2D eigenvalue weighted by molar-refractivity contribution is 8.78. The van der Waals surface area contributed by atoms with Crippen LogP contribution < -0.4 is 0 Å². The maximum absolute atomic E-state index is 2.18. The summed E-state index contributed by atoms with van der Waals surface area (Å²) in [4.78, 5) is 0. The van der Waals surface area contributed by atoms with E-state index in [4.69, 9.17) is 0 Å². The maximum Gasteiger partial charge on any atom is 0.341 e. The zero-order valence-electron chi connectivity index (χ0n) is 4.22. The fraction of sp³-hybridized carbons (Fsp3) is 1.00. The van der Waals surface area contributed by atoms with Gasteiger partial charge in [0, 0.05) is 0 Å². The minimum atomic E-state index is 0.847. The zero-order chi connectivity index (χ0) is 5.11. The maximum atomic E-state index is 2.18. The Labute approximate surface area is 57.4 Å². The Morgan fingerprint density at radius 2 is 2.00 bits per heavy atom. The third-order valence-corrected chi connectivity index (χ3v) is 5.64. The molecular weight excluding hydrogens is 143 g/mol. The molecule has 0 spiro atoms. The van der Waals surface area contributed by atoms with Gasteiger partial charge in [0.1, 0.15) is 0 Å². The van der Waals surface area contributed by atoms with Crippen LogP contribution in [0.3, 0.4) is 0 Å². The second kappa shape index (κ2) is 3.20. The van der Waals surface area contributed by atoms with Gasteiger partial charge in [-0.15, -0.1) is 0 Å². The molecule has 0 bridgehead atoms. The van der Waals surface area contributed by atoms with Crippen molar-refractivity contribution < 1.29 is 0 Å². The first-order valence-electron chi connectivity index (χ1n) is 2.19. The molecule has 0 aromatic rings. The molecule has 7 heavy (non-hydrogen) atoms. The lowest BCUT2D eigenvalue weighted by Gasteiger charge is -1.92. The second-order valence-electron chi connectivity index (χ2n) is 1.27. The number of hydrogen-bond donors (Lipinski definition) is 0. The van der Waals surface area contributed by atoms with Crippen LogP contribution in [0.2, 0.25) is 0 Å². The van der Waals surface area contributed by atoms with Gasteiger partial charge in [-0.25, -0.2) is 0 Å². The number of rotatable bonds is 1. The molecule has 0 unspecified atom stereocenters. The average Bonchev–Trinajstić information content (AvgIpc) is 2.14. The van der Waals surface area contributed by atoms with Crippen LogP contribution in [0.15, 0.2) is 0 Å². The summed E-state index contributed by atoms with van der Waals surface area (Å²) in [7, 11) is 0. The van der Waals surface area contributed by atoms with E-state index in [-0.39, 0.29) is 0 Å². The van der Waals surface area contributed by atoms with Gasteiger partial charge in [-0.2, -0.15) is 34.8 Å². The van der Waals surface area contributed by atoms with Crippen LogP contribution in [0.5, 0.6) is 0 Å². The minimum Gasteiger partial charge on any atom is -0.187 e. The first-order chi connectivity index (χ1) is 3.43. The molecular formula is C3H7BS3. The van der Waals surface area contributed by atoms with Gasteiger partial charge in [0.05, 0.1) is 0 Å². The quantitative estimate of drug-likeness (QED) is 0.523. The van der Waals surface area contributed by atoms with Gasteiger partial charge in [0.2, 0.25) is 0 Å². The Hall–Kier alpha value is 1.11. The second-order valence-corrected chi connectivity index (χ2v) is 5.53. The predicted molar refractivity (Wildman–Crippen MR) is 44.2 cm³/mol. The van der Waals surface area contributed by atoms with Gasteiger partial charge in [0.15, 0.2) is 0 Å². The van der Waals surface area contributed by atoms with Crippen molar-refractivity contribution in [3.8, 4) is 0 Å². The normalized spacial score (nSPS) is 21.0. The largest absolute Gasteiger partial charge is 0.341 e. The first kappa shape index (κ1) is 6.24. The van der Waals surface area contributed by atoms with Crippen LogP contribution in [0.1, 0.15) is 0 Å². The van der Waals surface area contributed by atoms with Crippen LogP contribution in [0.25, 0.3) is 0 Å². The van der Waals surface area contributed by atoms with Crippen LogP contribution in [-0.2, 0) is 0 Å². The highest BCUT2D eigenvalue weighted by Crippen LogP contribution is 2.34. The molecule has 40 valence electrons. The van der Waals surface area contributed by atoms with E-state index in [0.717, 1.165) is 4.55 Å².